The highest BCUT2D eigenvalue weighted by Gasteiger charge is 2.51. The van der Waals surface area contributed by atoms with Crippen molar-refractivity contribution < 1.29 is 45.9 Å². The number of amides is 3. The number of hydrogen-bond donors (Lipinski definition) is 5. The first kappa shape index (κ1) is 53.6. The number of nitrogens with one attached hydrogen (secondary N) is 4. The number of thiazole rings is 1. The number of benzene rings is 2. The molecular formula is C55H59F2N11O9S2. The van der Waals surface area contributed by atoms with Crippen LogP contribution in [-0.4, -0.2) is 129 Å². The number of aryl methyl sites for hydroxylation is 2. The molecule has 5 N–H and O–H groups in total. The lowest BCUT2D eigenvalue weighted by molar-refractivity contribution is -0.136. The van der Waals surface area contributed by atoms with Crippen LogP contribution in [0, 0.1) is 24.5 Å². The lowest BCUT2D eigenvalue weighted by atomic mass is 9.91. The van der Waals surface area contributed by atoms with E-state index in [9.17, 15) is 37.1 Å². The van der Waals surface area contributed by atoms with E-state index < -0.39 is 62.9 Å². The molecule has 24 heteroatoms. The Kier molecular flexibility index (Phi) is 14.0. The monoisotopic (exact) mass is 1120 g/mol. The van der Waals surface area contributed by atoms with Gasteiger partial charge in [0.1, 0.15) is 35.6 Å². The van der Waals surface area contributed by atoms with Gasteiger partial charge in [0, 0.05) is 92.1 Å². The van der Waals surface area contributed by atoms with Gasteiger partial charge in [-0.2, -0.15) is 0 Å². The SMILES string of the molecule is Cc1ncsc1-c1ccc([C@@]2(C)NC([C@@H]3C[C@@H](O)CN3C(=O)[C@@H](c3cc(OCCN4CC[C@H](NC(=O)c5cc6c(cc5CS(C)(=O)=O)-c5cn(C)c(=O)c7[nH]cc(c57)CN6c5ncc(F)cc5F)C4)no3)C(C)C)NC2=O)cc1. The van der Waals surface area contributed by atoms with Gasteiger partial charge in [0.25, 0.3) is 17.3 Å². The zero-order valence-corrected chi connectivity index (χ0v) is 45.8. The quantitative estimate of drug-likeness (QED) is 0.0866. The van der Waals surface area contributed by atoms with Gasteiger partial charge in [-0.15, -0.1) is 11.3 Å². The van der Waals surface area contributed by atoms with Crippen molar-refractivity contribution in [3.05, 3.63) is 128 Å². The van der Waals surface area contributed by atoms with Gasteiger partial charge in [-0.05, 0) is 72.2 Å². The fraction of sp³-hybridized carbons (Fsp3) is 0.400. The fourth-order valence-corrected chi connectivity index (χ4v) is 13.3. The van der Waals surface area contributed by atoms with Crippen molar-refractivity contribution >= 4 is 61.3 Å². The van der Waals surface area contributed by atoms with E-state index in [0.29, 0.717) is 59.9 Å². The van der Waals surface area contributed by atoms with Crippen molar-refractivity contribution in [1.29, 1.82) is 0 Å². The number of aliphatic hydroxyl groups excluding tert-OH is 1. The molecule has 0 radical (unpaired) electrons. The second kappa shape index (κ2) is 20.7. The molecule has 3 amide bonds. The van der Waals surface area contributed by atoms with Gasteiger partial charge in [0.15, 0.2) is 27.2 Å². The molecule has 79 heavy (non-hydrogen) atoms. The first-order valence-corrected chi connectivity index (χ1v) is 28.9. The minimum atomic E-state index is -3.72. The molecule has 2 aromatic carbocycles. The third kappa shape index (κ3) is 10.2. The summed E-state index contributed by atoms with van der Waals surface area (Å²) in [4.78, 5) is 73.7. The normalized spacial score (nSPS) is 21.7. The summed E-state index contributed by atoms with van der Waals surface area (Å²) < 4.78 is 69.1. The van der Waals surface area contributed by atoms with E-state index in [1.54, 1.807) is 60.2 Å². The summed E-state index contributed by atoms with van der Waals surface area (Å²) in [5.74, 6) is -4.27. The summed E-state index contributed by atoms with van der Waals surface area (Å²) in [5.41, 5.74) is 5.41. The van der Waals surface area contributed by atoms with Crippen molar-refractivity contribution in [2.45, 2.75) is 88.6 Å². The number of anilines is 2. The van der Waals surface area contributed by atoms with Crippen LogP contribution in [0.2, 0.25) is 0 Å². The maximum Gasteiger partial charge on any atom is 0.274 e. The van der Waals surface area contributed by atoms with Gasteiger partial charge in [-0.1, -0.05) is 38.1 Å². The Balaban J connectivity index is 0.751. The maximum absolute atomic E-state index is 15.7. The number of rotatable bonds is 15. The highest BCUT2D eigenvalue weighted by molar-refractivity contribution is 7.89. The summed E-state index contributed by atoms with van der Waals surface area (Å²) in [6, 6.07) is 12.2. The van der Waals surface area contributed by atoms with Crippen LogP contribution in [0.3, 0.4) is 0 Å². The number of hydrogen-bond acceptors (Lipinski definition) is 16. The van der Waals surface area contributed by atoms with E-state index in [-0.39, 0.29) is 89.6 Å². The lowest BCUT2D eigenvalue weighted by Gasteiger charge is -2.33. The number of fused-ring (bicyclic) bond motifs is 2. The van der Waals surface area contributed by atoms with Gasteiger partial charge < -0.3 is 44.4 Å². The molecule has 1 unspecified atom stereocenters. The van der Waals surface area contributed by atoms with Crippen molar-refractivity contribution in [2.24, 2.45) is 13.0 Å². The second-order valence-corrected chi connectivity index (χ2v) is 24.6. The number of nitrogens with zero attached hydrogens (tertiary/aromatic N) is 7. The van der Waals surface area contributed by atoms with Crippen LogP contribution < -0.4 is 31.1 Å². The zero-order chi connectivity index (χ0) is 55.8. The van der Waals surface area contributed by atoms with Crippen LogP contribution in [0.1, 0.15) is 78.0 Å². The number of aromatic amines is 1. The number of H-pyrrole nitrogens is 1. The minimum Gasteiger partial charge on any atom is -0.474 e. The van der Waals surface area contributed by atoms with E-state index in [1.807, 2.05) is 45.0 Å². The van der Waals surface area contributed by atoms with Crippen LogP contribution in [0.4, 0.5) is 20.3 Å². The molecule has 0 aliphatic carbocycles. The average Bonchev–Trinajstić information content (AvgIpc) is 4.32. The Hall–Kier alpha value is -7.38. The van der Waals surface area contributed by atoms with Crippen molar-refractivity contribution in [3.8, 4) is 27.4 Å². The standard InChI is InChI=1S/C55H59F2N11O9S2/c1-28(2)45(52(71)68-24-36(69)17-42(68)49-62-54(73)55(4,63-49)33-9-7-30(8-10-33)48-29(3)60-27-78-48)43-19-44(64-77-43)76-14-13-66-12-11-35(23-66)61-51(70)37-18-41-38(15-31(37)26-79(6,74)75)39-25-65(5)53(72)47-46(39)32(20-58-47)22-67(41)50-40(57)16-34(56)21-59-50/h7-10,15-16,18-21,25,27-28,35-36,42,45,49,58,63,69H,11-14,17,22-24,26H2,1-6H3,(H,61,70)(H,62,73)/t35-,36+,42-,45+,49?,55+/m0/s1. The van der Waals surface area contributed by atoms with E-state index in [1.165, 1.54) is 15.5 Å². The highest BCUT2D eigenvalue weighted by Crippen LogP contribution is 2.45. The summed E-state index contributed by atoms with van der Waals surface area (Å²) in [6.07, 6.45) is 4.52. The second-order valence-electron chi connectivity index (χ2n) is 21.6. The Morgan fingerprint density at radius 1 is 1.08 bits per heavy atom. The van der Waals surface area contributed by atoms with E-state index in [2.05, 4.69) is 41.0 Å². The molecule has 6 atom stereocenters. The molecule has 3 saturated heterocycles. The van der Waals surface area contributed by atoms with Crippen LogP contribution in [-0.2, 0) is 44.3 Å². The number of ether oxygens (including phenoxy) is 1. The van der Waals surface area contributed by atoms with Gasteiger partial charge in [0.05, 0.1) is 52.4 Å². The minimum absolute atomic E-state index is 0.0301. The fourth-order valence-electron chi connectivity index (χ4n) is 11.6. The number of likely N-dealkylation sites (tertiary alicyclic amines) is 2. The number of halogens is 2. The van der Waals surface area contributed by atoms with E-state index in [4.69, 9.17) is 9.26 Å². The van der Waals surface area contributed by atoms with Crippen molar-refractivity contribution in [3.63, 3.8) is 0 Å². The van der Waals surface area contributed by atoms with Gasteiger partial charge in [-0.25, -0.2) is 27.2 Å². The number of pyridine rings is 2. The van der Waals surface area contributed by atoms with Crippen LogP contribution in [0.5, 0.6) is 5.88 Å². The van der Waals surface area contributed by atoms with Crippen LogP contribution in [0.25, 0.3) is 32.5 Å². The topological polar surface area (TPSA) is 250 Å². The Morgan fingerprint density at radius 2 is 1.86 bits per heavy atom. The molecule has 3 fully saturated rings. The third-order valence-corrected chi connectivity index (χ3v) is 17.4. The van der Waals surface area contributed by atoms with Crippen molar-refractivity contribution in [2.75, 3.05) is 43.9 Å². The predicted octanol–water partition coefficient (Wildman–Crippen LogP) is 5.37. The Labute approximate surface area is 457 Å². The smallest absolute Gasteiger partial charge is 0.274 e. The van der Waals surface area contributed by atoms with Crippen LogP contribution >= 0.6 is 11.3 Å². The largest absolute Gasteiger partial charge is 0.474 e. The van der Waals surface area contributed by atoms with Gasteiger partial charge in [-0.3, -0.25) is 29.4 Å². The molecule has 4 aliphatic heterocycles. The van der Waals surface area contributed by atoms with Gasteiger partial charge >= 0.3 is 0 Å². The Bertz CT molecular complexity index is 3730. The molecule has 0 saturated carbocycles. The summed E-state index contributed by atoms with van der Waals surface area (Å²) >= 11 is 1.55. The molecule has 4 aliphatic rings. The predicted molar refractivity (Wildman–Crippen MR) is 290 cm³/mol. The summed E-state index contributed by atoms with van der Waals surface area (Å²) in [5, 5.41) is 25.2. The third-order valence-electron chi connectivity index (χ3n) is 15.6. The molecule has 11 rings (SSSR count). The molecule has 7 aromatic rings. The molecule has 414 valence electrons. The first-order chi connectivity index (χ1) is 37.6. The molecular weight excluding hydrogens is 1060 g/mol. The van der Waals surface area contributed by atoms with Crippen LogP contribution in [0.15, 0.2) is 81.9 Å². The molecule has 9 heterocycles. The zero-order valence-electron chi connectivity index (χ0n) is 44.2. The lowest BCUT2D eigenvalue weighted by Crippen LogP contribution is -2.54. The molecule has 0 spiro atoms. The highest BCUT2D eigenvalue weighted by atomic mass is 32.2. The summed E-state index contributed by atoms with van der Waals surface area (Å²) in [6.45, 7) is 9.21. The number of sulfone groups is 1. The summed E-state index contributed by atoms with van der Waals surface area (Å²) in [7, 11) is -2.14. The number of carbonyl (C=O) groups is 3. The van der Waals surface area contributed by atoms with Gasteiger partial charge in [0.2, 0.25) is 11.8 Å². The molecule has 20 nitrogen and oxygen atoms in total. The Morgan fingerprint density at radius 3 is 2.58 bits per heavy atom. The number of aliphatic hydroxyl groups is 1. The number of aromatic nitrogens is 5. The number of carbonyl (C=O) groups excluding carboxylic acids is 3. The number of β-amino-alcohol motifs (C(OH)–C–C–N with tert-alkyl or cyclic N) is 1. The average molecular weight is 1120 g/mol. The maximum atomic E-state index is 15.7. The molecule has 0 bridgehead atoms. The molecule has 5 aromatic heterocycles. The first-order valence-electron chi connectivity index (χ1n) is 26.0. The van der Waals surface area contributed by atoms with E-state index >= 15 is 4.39 Å². The van der Waals surface area contributed by atoms with E-state index in [0.717, 1.165) is 34.2 Å². The van der Waals surface area contributed by atoms with Crippen molar-refractivity contribution in [1.82, 2.24) is 50.4 Å².